The Balaban J connectivity index is 1.85. The first-order valence-corrected chi connectivity index (χ1v) is 8.27. The number of benzene rings is 1. The van der Waals surface area contributed by atoms with Gasteiger partial charge in [-0.1, -0.05) is 22.5 Å². The summed E-state index contributed by atoms with van der Waals surface area (Å²) in [5, 5.41) is 12.7. The highest BCUT2D eigenvalue weighted by molar-refractivity contribution is 9.11. The molecule has 0 saturated heterocycles. The summed E-state index contributed by atoms with van der Waals surface area (Å²) < 4.78 is 0.939. The topological polar surface area (TPSA) is 67.7 Å². The molecule has 1 atom stereocenters. The number of nitrogens with one attached hydrogen (secondary N) is 2. The summed E-state index contributed by atoms with van der Waals surface area (Å²) in [7, 11) is 0. The minimum absolute atomic E-state index is 0.314. The average molecular weight is 372 g/mol. The normalized spacial score (nSPS) is 16.7. The molecule has 6 heteroatoms. The van der Waals surface area contributed by atoms with E-state index in [-0.39, 0.29) is 0 Å². The van der Waals surface area contributed by atoms with Crippen LogP contribution in [0.15, 0.2) is 41.8 Å². The molecule has 0 radical (unpaired) electrons. The van der Waals surface area contributed by atoms with Crippen LogP contribution in [0.1, 0.15) is 16.8 Å². The van der Waals surface area contributed by atoms with Gasteiger partial charge >= 0.3 is 0 Å². The Morgan fingerprint density at radius 2 is 2.43 bits per heavy atom. The highest BCUT2D eigenvalue weighted by Crippen LogP contribution is 2.29. The number of fused-ring (bicyclic) bond motifs is 1. The molecule has 2 heterocycles. The van der Waals surface area contributed by atoms with Crippen molar-refractivity contribution in [2.45, 2.75) is 19.0 Å². The molecule has 1 aromatic carbocycles. The van der Waals surface area contributed by atoms with Crippen molar-refractivity contribution < 1.29 is 0 Å². The molecule has 1 aromatic heterocycles. The van der Waals surface area contributed by atoms with Crippen LogP contribution >= 0.6 is 15.9 Å². The van der Waals surface area contributed by atoms with Crippen molar-refractivity contribution in [2.75, 3.05) is 18.0 Å². The van der Waals surface area contributed by atoms with Gasteiger partial charge in [-0.25, -0.2) is 4.98 Å². The van der Waals surface area contributed by atoms with E-state index in [0.29, 0.717) is 11.6 Å². The van der Waals surface area contributed by atoms with Crippen LogP contribution in [0.25, 0.3) is 0 Å². The molecular formula is C17H18BrN5. The standard InChI is InChI=1S/C17H18BrN5/c1-12(18)7-21-15-5-14-4-13(6-19)2-3-17(14)23(9-15)10-16-8-20-11-22-16/h2-4,8,11,15,21H,1,5,7,9-10H2,(H,20,22). The van der Waals surface area contributed by atoms with Crippen LogP contribution < -0.4 is 10.2 Å². The zero-order valence-corrected chi connectivity index (χ0v) is 14.3. The lowest BCUT2D eigenvalue weighted by Crippen LogP contribution is -2.46. The zero-order chi connectivity index (χ0) is 16.2. The fourth-order valence-corrected chi connectivity index (χ4v) is 3.10. The lowest BCUT2D eigenvalue weighted by molar-refractivity contribution is 0.502. The first-order valence-electron chi connectivity index (χ1n) is 7.47. The molecule has 23 heavy (non-hydrogen) atoms. The van der Waals surface area contributed by atoms with Gasteiger partial charge in [0.1, 0.15) is 0 Å². The summed E-state index contributed by atoms with van der Waals surface area (Å²) in [5.74, 6) is 0. The summed E-state index contributed by atoms with van der Waals surface area (Å²) in [4.78, 5) is 9.57. The Bertz CT molecular complexity index is 732. The van der Waals surface area contributed by atoms with Gasteiger partial charge in [0.15, 0.2) is 0 Å². The van der Waals surface area contributed by atoms with Crippen LogP contribution in [0, 0.1) is 11.3 Å². The third-order valence-electron chi connectivity index (χ3n) is 3.95. The first-order chi connectivity index (χ1) is 11.2. The van der Waals surface area contributed by atoms with E-state index in [1.54, 1.807) is 6.33 Å². The van der Waals surface area contributed by atoms with Gasteiger partial charge in [0, 0.05) is 35.5 Å². The van der Waals surface area contributed by atoms with Gasteiger partial charge in [-0.2, -0.15) is 5.26 Å². The summed E-state index contributed by atoms with van der Waals surface area (Å²) in [6.07, 6.45) is 4.45. The number of halogens is 1. The van der Waals surface area contributed by atoms with E-state index in [2.05, 4.69) is 48.8 Å². The Morgan fingerprint density at radius 1 is 1.57 bits per heavy atom. The van der Waals surface area contributed by atoms with Crippen LogP contribution in [0.3, 0.4) is 0 Å². The second kappa shape index (κ2) is 6.99. The van der Waals surface area contributed by atoms with E-state index in [1.807, 2.05) is 24.4 Å². The maximum atomic E-state index is 9.14. The molecule has 1 unspecified atom stereocenters. The van der Waals surface area contributed by atoms with Crippen LogP contribution in [0.5, 0.6) is 0 Å². The second-order valence-corrected chi connectivity index (χ2v) is 6.83. The summed E-state index contributed by atoms with van der Waals surface area (Å²) in [5.41, 5.74) is 4.17. The minimum atomic E-state index is 0.314. The Morgan fingerprint density at radius 3 is 3.13 bits per heavy atom. The van der Waals surface area contributed by atoms with E-state index in [4.69, 9.17) is 5.26 Å². The summed E-state index contributed by atoms with van der Waals surface area (Å²) in [6, 6.07) is 8.46. The highest BCUT2D eigenvalue weighted by Gasteiger charge is 2.24. The Labute approximate surface area is 144 Å². The number of rotatable bonds is 5. The molecule has 0 bridgehead atoms. The number of anilines is 1. The number of aromatic nitrogens is 2. The van der Waals surface area contributed by atoms with Crippen molar-refractivity contribution in [3.05, 3.63) is 58.6 Å². The Hall–Kier alpha value is -2.10. The van der Waals surface area contributed by atoms with Gasteiger partial charge in [0.25, 0.3) is 0 Å². The predicted octanol–water partition coefficient (Wildman–Crippen LogP) is 2.71. The fraction of sp³-hybridized carbons (Fsp3) is 0.294. The van der Waals surface area contributed by atoms with Crippen LogP contribution in [0.4, 0.5) is 5.69 Å². The molecule has 3 rings (SSSR count). The SMILES string of the molecule is C=C(Br)CNC1Cc2cc(C#N)ccc2N(Cc2cnc[nH]2)C1. The van der Waals surface area contributed by atoms with E-state index >= 15 is 0 Å². The number of imidazole rings is 1. The summed E-state index contributed by atoms with van der Waals surface area (Å²) in [6.45, 7) is 6.28. The van der Waals surface area contributed by atoms with E-state index in [1.165, 1.54) is 11.3 Å². The monoisotopic (exact) mass is 371 g/mol. The van der Waals surface area contributed by atoms with Crippen molar-refractivity contribution >= 4 is 21.6 Å². The lowest BCUT2D eigenvalue weighted by Gasteiger charge is -2.36. The van der Waals surface area contributed by atoms with Crippen molar-refractivity contribution in [1.29, 1.82) is 5.26 Å². The molecule has 0 amide bonds. The molecule has 118 valence electrons. The maximum absolute atomic E-state index is 9.14. The highest BCUT2D eigenvalue weighted by atomic mass is 79.9. The first kappa shape index (κ1) is 15.8. The number of nitriles is 1. The van der Waals surface area contributed by atoms with Gasteiger partial charge < -0.3 is 15.2 Å². The zero-order valence-electron chi connectivity index (χ0n) is 12.7. The average Bonchev–Trinajstić information content (AvgIpc) is 3.05. The number of hydrogen-bond donors (Lipinski definition) is 2. The molecule has 1 aliphatic heterocycles. The fourth-order valence-electron chi connectivity index (χ4n) is 2.94. The van der Waals surface area contributed by atoms with E-state index in [9.17, 15) is 0 Å². The van der Waals surface area contributed by atoms with Gasteiger partial charge in [0.2, 0.25) is 0 Å². The molecule has 1 aliphatic rings. The minimum Gasteiger partial charge on any atom is -0.364 e. The van der Waals surface area contributed by atoms with Gasteiger partial charge in [0.05, 0.1) is 30.2 Å². The van der Waals surface area contributed by atoms with E-state index < -0.39 is 0 Å². The Kier molecular flexibility index (Phi) is 4.79. The number of nitrogens with zero attached hydrogens (tertiary/aromatic N) is 3. The lowest BCUT2D eigenvalue weighted by atomic mass is 9.96. The van der Waals surface area contributed by atoms with Gasteiger partial charge in [-0.3, -0.25) is 0 Å². The molecule has 0 aliphatic carbocycles. The number of aromatic amines is 1. The maximum Gasteiger partial charge on any atom is 0.0991 e. The smallest absolute Gasteiger partial charge is 0.0991 e. The second-order valence-electron chi connectivity index (χ2n) is 5.71. The summed E-state index contributed by atoms with van der Waals surface area (Å²) >= 11 is 3.39. The van der Waals surface area contributed by atoms with Crippen molar-refractivity contribution in [2.24, 2.45) is 0 Å². The molecule has 5 nitrogen and oxygen atoms in total. The molecule has 2 aromatic rings. The molecule has 0 saturated carbocycles. The van der Waals surface area contributed by atoms with E-state index in [0.717, 1.165) is 36.2 Å². The predicted molar refractivity (Wildman–Crippen MR) is 94.4 cm³/mol. The number of H-pyrrole nitrogens is 1. The van der Waals surface area contributed by atoms with Crippen molar-refractivity contribution in [3.8, 4) is 6.07 Å². The molecule has 2 N–H and O–H groups in total. The molecule has 0 spiro atoms. The largest absolute Gasteiger partial charge is 0.364 e. The third-order valence-corrected chi connectivity index (χ3v) is 4.24. The molecular weight excluding hydrogens is 354 g/mol. The van der Waals surface area contributed by atoms with Crippen molar-refractivity contribution in [3.63, 3.8) is 0 Å². The van der Waals surface area contributed by atoms with Crippen LogP contribution in [0.2, 0.25) is 0 Å². The third kappa shape index (κ3) is 3.81. The van der Waals surface area contributed by atoms with Crippen LogP contribution in [-0.4, -0.2) is 29.1 Å². The van der Waals surface area contributed by atoms with Gasteiger partial charge in [-0.05, 0) is 30.2 Å². The van der Waals surface area contributed by atoms with Crippen molar-refractivity contribution in [1.82, 2.24) is 15.3 Å². The number of hydrogen-bond acceptors (Lipinski definition) is 4. The quantitative estimate of drug-likeness (QED) is 0.847. The molecule has 0 fully saturated rings. The van der Waals surface area contributed by atoms with Crippen LogP contribution in [-0.2, 0) is 13.0 Å². The van der Waals surface area contributed by atoms with Gasteiger partial charge in [-0.15, -0.1) is 0 Å².